The van der Waals surface area contributed by atoms with Gasteiger partial charge in [-0.3, -0.25) is 14.8 Å². The van der Waals surface area contributed by atoms with Crippen LogP contribution in [0.15, 0.2) is 61.1 Å². The molecule has 0 aliphatic carbocycles. The number of carbonyl (C=O) groups is 1. The Kier molecular flexibility index (Phi) is 5.04. The summed E-state index contributed by atoms with van der Waals surface area (Å²) < 4.78 is 0. The SMILES string of the molecule is Cc1cccc(NC(=O)c2cc(NCc3cccnc3)ccn2)c1C. The lowest BCUT2D eigenvalue weighted by Gasteiger charge is -2.11. The molecule has 2 N–H and O–H groups in total. The maximum Gasteiger partial charge on any atom is 0.274 e. The number of rotatable bonds is 5. The molecule has 5 heteroatoms. The molecular formula is C20H20N4O. The second kappa shape index (κ2) is 7.57. The highest BCUT2D eigenvalue weighted by Crippen LogP contribution is 2.19. The molecule has 1 amide bonds. The Hall–Kier alpha value is -3.21. The molecule has 5 nitrogen and oxygen atoms in total. The van der Waals surface area contributed by atoms with Crippen LogP contribution in [0.4, 0.5) is 11.4 Å². The Balaban J connectivity index is 1.70. The molecule has 0 aliphatic rings. The monoisotopic (exact) mass is 332 g/mol. The highest BCUT2D eigenvalue weighted by Gasteiger charge is 2.10. The van der Waals surface area contributed by atoms with E-state index in [9.17, 15) is 4.79 Å². The number of carbonyl (C=O) groups excluding carboxylic acids is 1. The van der Waals surface area contributed by atoms with Crippen LogP contribution >= 0.6 is 0 Å². The largest absolute Gasteiger partial charge is 0.381 e. The van der Waals surface area contributed by atoms with Gasteiger partial charge in [0.25, 0.3) is 5.91 Å². The lowest BCUT2D eigenvalue weighted by molar-refractivity contribution is 0.102. The standard InChI is InChI=1S/C20H20N4O/c1-14-5-3-7-18(15(14)2)24-20(25)19-11-17(8-10-22-19)23-13-16-6-4-9-21-12-16/h3-12H,13H2,1-2H3,(H,22,23)(H,24,25). The second-order valence-corrected chi connectivity index (χ2v) is 5.85. The van der Waals surface area contributed by atoms with Gasteiger partial charge in [0.2, 0.25) is 0 Å². The molecule has 0 aliphatic heterocycles. The van der Waals surface area contributed by atoms with Crippen LogP contribution in [0.1, 0.15) is 27.2 Å². The highest BCUT2D eigenvalue weighted by atomic mass is 16.1. The summed E-state index contributed by atoms with van der Waals surface area (Å²) in [7, 11) is 0. The van der Waals surface area contributed by atoms with Crippen molar-refractivity contribution >= 4 is 17.3 Å². The Morgan fingerprint density at radius 2 is 1.96 bits per heavy atom. The fourth-order valence-corrected chi connectivity index (χ4v) is 2.44. The van der Waals surface area contributed by atoms with Crippen molar-refractivity contribution in [1.82, 2.24) is 9.97 Å². The summed E-state index contributed by atoms with van der Waals surface area (Å²) in [5, 5.41) is 6.21. The van der Waals surface area contributed by atoms with E-state index in [1.807, 2.05) is 56.4 Å². The predicted molar refractivity (Wildman–Crippen MR) is 99.7 cm³/mol. The van der Waals surface area contributed by atoms with Crippen molar-refractivity contribution in [1.29, 1.82) is 0 Å². The number of amides is 1. The van der Waals surface area contributed by atoms with E-state index in [4.69, 9.17) is 0 Å². The van der Waals surface area contributed by atoms with Crippen LogP contribution in [-0.2, 0) is 6.54 Å². The first-order chi connectivity index (χ1) is 12.1. The fourth-order valence-electron chi connectivity index (χ4n) is 2.44. The van der Waals surface area contributed by atoms with Crippen LogP contribution < -0.4 is 10.6 Å². The fraction of sp³-hybridized carbons (Fsp3) is 0.150. The first kappa shape index (κ1) is 16.6. The second-order valence-electron chi connectivity index (χ2n) is 5.85. The minimum Gasteiger partial charge on any atom is -0.381 e. The molecule has 126 valence electrons. The van der Waals surface area contributed by atoms with E-state index in [2.05, 4.69) is 20.6 Å². The first-order valence-electron chi connectivity index (χ1n) is 8.10. The molecule has 3 rings (SSSR count). The van der Waals surface area contributed by atoms with Gasteiger partial charge in [-0.15, -0.1) is 0 Å². The molecule has 0 bridgehead atoms. The molecule has 2 heterocycles. The number of aryl methyl sites for hydroxylation is 1. The summed E-state index contributed by atoms with van der Waals surface area (Å²) in [6.07, 6.45) is 5.18. The zero-order valence-electron chi connectivity index (χ0n) is 14.3. The summed E-state index contributed by atoms with van der Waals surface area (Å²) in [6, 6.07) is 13.3. The van der Waals surface area contributed by atoms with Crippen LogP contribution in [0.3, 0.4) is 0 Å². The van der Waals surface area contributed by atoms with Gasteiger partial charge >= 0.3 is 0 Å². The maximum absolute atomic E-state index is 12.5. The minimum atomic E-state index is -0.223. The molecule has 1 aromatic carbocycles. The van der Waals surface area contributed by atoms with Gasteiger partial charge < -0.3 is 10.6 Å². The van der Waals surface area contributed by atoms with Crippen molar-refractivity contribution < 1.29 is 4.79 Å². The molecule has 25 heavy (non-hydrogen) atoms. The Bertz CT molecular complexity index is 878. The van der Waals surface area contributed by atoms with E-state index < -0.39 is 0 Å². The van der Waals surface area contributed by atoms with E-state index in [0.717, 1.165) is 28.1 Å². The molecule has 0 radical (unpaired) electrons. The highest BCUT2D eigenvalue weighted by molar-refractivity contribution is 6.03. The van der Waals surface area contributed by atoms with Gasteiger partial charge in [-0.1, -0.05) is 18.2 Å². The number of nitrogens with one attached hydrogen (secondary N) is 2. The molecule has 0 fully saturated rings. The third-order valence-corrected chi connectivity index (χ3v) is 4.06. The Morgan fingerprint density at radius 3 is 2.76 bits per heavy atom. The zero-order chi connectivity index (χ0) is 17.6. The smallest absolute Gasteiger partial charge is 0.274 e. The zero-order valence-corrected chi connectivity index (χ0v) is 14.3. The van der Waals surface area contributed by atoms with Crippen LogP contribution in [-0.4, -0.2) is 15.9 Å². The van der Waals surface area contributed by atoms with Crippen molar-refractivity contribution in [2.75, 3.05) is 10.6 Å². The van der Waals surface area contributed by atoms with Crippen molar-refractivity contribution in [2.45, 2.75) is 20.4 Å². The first-order valence-corrected chi connectivity index (χ1v) is 8.10. The molecule has 0 unspecified atom stereocenters. The minimum absolute atomic E-state index is 0.223. The van der Waals surface area contributed by atoms with Crippen LogP contribution in [0.25, 0.3) is 0 Å². The molecule has 2 aromatic heterocycles. The van der Waals surface area contributed by atoms with E-state index in [-0.39, 0.29) is 5.91 Å². The molecule has 0 spiro atoms. The number of aromatic nitrogens is 2. The Morgan fingerprint density at radius 1 is 1.08 bits per heavy atom. The van der Waals surface area contributed by atoms with Gasteiger partial charge in [0, 0.05) is 36.5 Å². The van der Waals surface area contributed by atoms with Crippen LogP contribution in [0.2, 0.25) is 0 Å². The summed E-state index contributed by atoms with van der Waals surface area (Å²) in [6.45, 7) is 4.65. The molecule has 0 saturated carbocycles. The number of pyridine rings is 2. The van der Waals surface area contributed by atoms with Crippen molar-refractivity contribution in [3.8, 4) is 0 Å². The predicted octanol–water partition coefficient (Wildman–Crippen LogP) is 3.96. The van der Waals surface area contributed by atoms with Gasteiger partial charge in [0.1, 0.15) is 5.69 Å². The average molecular weight is 332 g/mol. The van der Waals surface area contributed by atoms with E-state index >= 15 is 0 Å². The number of hydrogen-bond acceptors (Lipinski definition) is 4. The van der Waals surface area contributed by atoms with Gasteiger partial charge in [-0.25, -0.2) is 0 Å². The third-order valence-electron chi connectivity index (χ3n) is 4.06. The van der Waals surface area contributed by atoms with Crippen LogP contribution in [0.5, 0.6) is 0 Å². The molecule has 0 atom stereocenters. The van der Waals surface area contributed by atoms with Gasteiger partial charge in [0.15, 0.2) is 0 Å². The van der Waals surface area contributed by atoms with Crippen molar-refractivity contribution in [3.63, 3.8) is 0 Å². The number of anilines is 2. The van der Waals surface area contributed by atoms with E-state index in [0.29, 0.717) is 12.2 Å². The number of nitrogens with zero attached hydrogens (tertiary/aromatic N) is 2. The topological polar surface area (TPSA) is 66.9 Å². The summed E-state index contributed by atoms with van der Waals surface area (Å²) >= 11 is 0. The molecule has 3 aromatic rings. The van der Waals surface area contributed by atoms with Gasteiger partial charge in [0.05, 0.1) is 0 Å². The van der Waals surface area contributed by atoms with E-state index in [1.54, 1.807) is 18.5 Å². The number of hydrogen-bond donors (Lipinski definition) is 2. The normalized spacial score (nSPS) is 10.3. The van der Waals surface area contributed by atoms with Crippen molar-refractivity contribution in [2.24, 2.45) is 0 Å². The number of benzene rings is 1. The van der Waals surface area contributed by atoms with Crippen LogP contribution in [0, 0.1) is 13.8 Å². The summed E-state index contributed by atoms with van der Waals surface area (Å²) in [5.74, 6) is -0.223. The third kappa shape index (κ3) is 4.20. The Labute approximate surface area is 147 Å². The maximum atomic E-state index is 12.5. The lowest BCUT2D eigenvalue weighted by Crippen LogP contribution is -2.15. The van der Waals surface area contributed by atoms with Gasteiger partial charge in [-0.05, 0) is 54.8 Å². The molecule has 0 saturated heterocycles. The average Bonchev–Trinajstić information content (AvgIpc) is 2.65. The lowest BCUT2D eigenvalue weighted by atomic mass is 10.1. The van der Waals surface area contributed by atoms with E-state index in [1.165, 1.54) is 0 Å². The summed E-state index contributed by atoms with van der Waals surface area (Å²) in [4.78, 5) is 20.8. The molecular weight excluding hydrogens is 312 g/mol. The quantitative estimate of drug-likeness (QED) is 0.742. The van der Waals surface area contributed by atoms with Crippen molar-refractivity contribution in [3.05, 3.63) is 83.4 Å². The van der Waals surface area contributed by atoms with Gasteiger partial charge in [-0.2, -0.15) is 0 Å². The summed E-state index contributed by atoms with van der Waals surface area (Å²) in [5.41, 5.74) is 5.28.